The van der Waals surface area contributed by atoms with E-state index >= 15 is 0 Å². The van der Waals surface area contributed by atoms with Gasteiger partial charge in [-0.1, -0.05) is 53.0 Å². The van der Waals surface area contributed by atoms with Crippen molar-refractivity contribution in [3.05, 3.63) is 63.1 Å². The van der Waals surface area contributed by atoms with E-state index in [1.54, 1.807) is 12.1 Å². The zero-order chi connectivity index (χ0) is 19.1. The summed E-state index contributed by atoms with van der Waals surface area (Å²) in [6, 6.07) is 10.7. The van der Waals surface area contributed by atoms with E-state index in [0.29, 0.717) is 21.4 Å². The van der Waals surface area contributed by atoms with Gasteiger partial charge in [0, 0.05) is 6.54 Å². The first kappa shape index (κ1) is 19.8. The van der Waals surface area contributed by atoms with Crippen molar-refractivity contribution in [2.75, 3.05) is 7.11 Å². The van der Waals surface area contributed by atoms with Gasteiger partial charge in [-0.3, -0.25) is 9.59 Å². The van der Waals surface area contributed by atoms with Crippen LogP contribution < -0.4 is 15.5 Å². The predicted molar refractivity (Wildman–Crippen MR) is 102 cm³/mol. The molecular weight excluding hydrogens is 377 g/mol. The lowest BCUT2D eigenvalue weighted by molar-refractivity contribution is -0.139. The molecule has 0 saturated carbocycles. The number of nitrogens with one attached hydrogen (secondary N) is 2. The van der Waals surface area contributed by atoms with E-state index in [1.807, 2.05) is 31.2 Å². The van der Waals surface area contributed by atoms with Crippen LogP contribution >= 0.6 is 23.2 Å². The maximum atomic E-state index is 11.8. The molecule has 0 spiro atoms. The molecule has 0 unspecified atom stereocenters. The number of hydrogen-bond acceptors (Lipinski definition) is 4. The Labute approximate surface area is 161 Å². The maximum absolute atomic E-state index is 11.8. The Morgan fingerprint density at radius 1 is 1.12 bits per heavy atom. The Morgan fingerprint density at radius 2 is 1.73 bits per heavy atom. The lowest BCUT2D eigenvalue weighted by atomic mass is 10.1. The van der Waals surface area contributed by atoms with Gasteiger partial charge in [0.15, 0.2) is 5.75 Å². The van der Waals surface area contributed by atoms with Crippen molar-refractivity contribution in [1.29, 1.82) is 0 Å². The fourth-order valence-electron chi connectivity index (χ4n) is 2.03. The largest absolute Gasteiger partial charge is 0.494 e. The van der Waals surface area contributed by atoms with Crippen LogP contribution in [0.25, 0.3) is 0 Å². The third-order valence-electron chi connectivity index (χ3n) is 3.38. The van der Waals surface area contributed by atoms with Crippen molar-refractivity contribution < 1.29 is 14.3 Å². The zero-order valence-corrected chi connectivity index (χ0v) is 15.7. The van der Waals surface area contributed by atoms with Crippen LogP contribution in [0, 0.1) is 6.92 Å². The van der Waals surface area contributed by atoms with Gasteiger partial charge in [-0.2, -0.15) is 5.10 Å². The molecule has 2 N–H and O–H groups in total. The number of rotatable bonds is 5. The second kappa shape index (κ2) is 9.22. The fraction of sp³-hybridized carbons (Fsp3) is 0.167. The quantitative estimate of drug-likeness (QED) is 0.465. The van der Waals surface area contributed by atoms with E-state index in [-0.39, 0.29) is 6.54 Å². The molecule has 0 atom stereocenters. The van der Waals surface area contributed by atoms with E-state index in [9.17, 15) is 9.59 Å². The van der Waals surface area contributed by atoms with E-state index in [4.69, 9.17) is 27.9 Å². The van der Waals surface area contributed by atoms with Crippen molar-refractivity contribution in [3.63, 3.8) is 0 Å². The number of methoxy groups -OCH3 is 1. The number of carbonyl (C=O) groups excluding carboxylic acids is 2. The molecule has 0 fully saturated rings. The fourth-order valence-corrected chi connectivity index (χ4v) is 2.69. The maximum Gasteiger partial charge on any atom is 0.329 e. The Balaban J connectivity index is 1.88. The van der Waals surface area contributed by atoms with Crippen LogP contribution in [0.5, 0.6) is 5.75 Å². The molecule has 2 amide bonds. The van der Waals surface area contributed by atoms with Gasteiger partial charge in [0.2, 0.25) is 0 Å². The van der Waals surface area contributed by atoms with E-state index in [2.05, 4.69) is 15.8 Å². The molecule has 0 aliphatic heterocycles. The zero-order valence-electron chi connectivity index (χ0n) is 14.2. The molecule has 0 aromatic heterocycles. The highest BCUT2D eigenvalue weighted by Gasteiger charge is 2.12. The van der Waals surface area contributed by atoms with Crippen LogP contribution in [0.3, 0.4) is 0 Å². The summed E-state index contributed by atoms with van der Waals surface area (Å²) in [4.78, 5) is 23.5. The van der Waals surface area contributed by atoms with Gasteiger partial charge >= 0.3 is 11.8 Å². The van der Waals surface area contributed by atoms with Crippen LogP contribution in [-0.4, -0.2) is 25.1 Å². The number of ether oxygens (including phenoxy) is 1. The van der Waals surface area contributed by atoms with Crippen molar-refractivity contribution in [1.82, 2.24) is 10.7 Å². The Bertz CT molecular complexity index is 813. The molecular formula is C18H17Cl2N3O3. The van der Waals surface area contributed by atoms with E-state index in [1.165, 1.54) is 13.3 Å². The van der Waals surface area contributed by atoms with Crippen molar-refractivity contribution >= 4 is 41.2 Å². The summed E-state index contributed by atoms with van der Waals surface area (Å²) < 4.78 is 5.04. The molecule has 2 aromatic rings. The highest BCUT2D eigenvalue weighted by atomic mass is 35.5. The number of aryl methyl sites for hydroxylation is 1. The number of amides is 2. The SMILES string of the molecule is COc1c(Cl)cc(/C=N\NC(=O)C(=O)NCc2ccc(C)cc2)cc1Cl. The minimum Gasteiger partial charge on any atom is -0.494 e. The first-order chi connectivity index (χ1) is 12.4. The monoisotopic (exact) mass is 393 g/mol. The van der Waals surface area contributed by atoms with Gasteiger partial charge in [0.25, 0.3) is 0 Å². The van der Waals surface area contributed by atoms with Gasteiger partial charge in [-0.15, -0.1) is 0 Å². The summed E-state index contributed by atoms with van der Waals surface area (Å²) >= 11 is 12.0. The number of halogens is 2. The average Bonchev–Trinajstić information content (AvgIpc) is 2.60. The number of benzene rings is 2. The molecule has 26 heavy (non-hydrogen) atoms. The first-order valence-corrected chi connectivity index (χ1v) is 8.36. The van der Waals surface area contributed by atoms with E-state index < -0.39 is 11.8 Å². The van der Waals surface area contributed by atoms with Crippen LogP contribution in [0.15, 0.2) is 41.5 Å². The molecule has 2 aromatic carbocycles. The number of nitrogens with zero attached hydrogens (tertiary/aromatic N) is 1. The smallest absolute Gasteiger partial charge is 0.329 e. The predicted octanol–water partition coefficient (Wildman–Crippen LogP) is 3.08. The molecule has 6 nitrogen and oxygen atoms in total. The third-order valence-corrected chi connectivity index (χ3v) is 3.95. The Kier molecular flexibility index (Phi) is 7.00. The van der Waals surface area contributed by atoms with Gasteiger partial charge in [-0.25, -0.2) is 5.43 Å². The number of hydrogen-bond donors (Lipinski definition) is 2. The highest BCUT2D eigenvalue weighted by Crippen LogP contribution is 2.33. The van der Waals surface area contributed by atoms with Gasteiger partial charge in [-0.05, 0) is 30.2 Å². The molecule has 0 saturated heterocycles. The number of carbonyl (C=O) groups is 2. The Morgan fingerprint density at radius 3 is 2.31 bits per heavy atom. The molecule has 0 heterocycles. The minimum atomic E-state index is -0.876. The normalized spacial score (nSPS) is 10.6. The second-order valence-corrected chi connectivity index (χ2v) is 6.20. The van der Waals surface area contributed by atoms with Gasteiger partial charge in [0.05, 0.1) is 23.4 Å². The van der Waals surface area contributed by atoms with Crippen LogP contribution in [0.2, 0.25) is 10.0 Å². The average molecular weight is 394 g/mol. The van der Waals surface area contributed by atoms with Gasteiger partial charge in [0.1, 0.15) is 0 Å². The summed E-state index contributed by atoms with van der Waals surface area (Å²) in [5, 5.41) is 6.86. The summed E-state index contributed by atoms with van der Waals surface area (Å²) in [5.41, 5.74) is 4.70. The van der Waals surface area contributed by atoms with Gasteiger partial charge < -0.3 is 10.1 Å². The van der Waals surface area contributed by atoms with Crippen LogP contribution in [0.4, 0.5) is 0 Å². The summed E-state index contributed by atoms with van der Waals surface area (Å²) in [7, 11) is 1.45. The van der Waals surface area contributed by atoms with Crippen molar-refractivity contribution in [3.8, 4) is 5.75 Å². The third kappa shape index (κ3) is 5.47. The molecule has 0 aliphatic carbocycles. The summed E-state index contributed by atoms with van der Waals surface area (Å²) in [5.74, 6) is -1.31. The molecule has 136 valence electrons. The van der Waals surface area contributed by atoms with Crippen LogP contribution in [-0.2, 0) is 16.1 Å². The molecule has 2 rings (SSSR count). The Hall–Kier alpha value is -2.57. The van der Waals surface area contributed by atoms with Crippen molar-refractivity contribution in [2.45, 2.75) is 13.5 Å². The molecule has 8 heteroatoms. The molecule has 0 bridgehead atoms. The standard InChI is InChI=1S/C18H17Cl2N3O3/c1-11-3-5-12(6-4-11)9-21-17(24)18(25)23-22-10-13-7-14(19)16(26-2)15(20)8-13/h3-8,10H,9H2,1-2H3,(H,21,24)(H,23,25)/b22-10-. The van der Waals surface area contributed by atoms with Crippen molar-refractivity contribution in [2.24, 2.45) is 5.10 Å². The second-order valence-electron chi connectivity index (χ2n) is 5.39. The number of hydrazone groups is 1. The minimum absolute atomic E-state index is 0.250. The summed E-state index contributed by atoms with van der Waals surface area (Å²) in [6.07, 6.45) is 1.32. The summed E-state index contributed by atoms with van der Waals surface area (Å²) in [6.45, 7) is 2.22. The lowest BCUT2D eigenvalue weighted by Gasteiger charge is -2.06. The molecule has 0 aliphatic rings. The van der Waals surface area contributed by atoms with Crippen LogP contribution in [0.1, 0.15) is 16.7 Å². The lowest BCUT2D eigenvalue weighted by Crippen LogP contribution is -2.37. The highest BCUT2D eigenvalue weighted by molar-refractivity contribution is 6.37. The topological polar surface area (TPSA) is 79.8 Å². The molecule has 0 radical (unpaired) electrons. The first-order valence-electron chi connectivity index (χ1n) is 7.60. The van der Waals surface area contributed by atoms with E-state index in [0.717, 1.165) is 11.1 Å².